The van der Waals surface area contributed by atoms with Gasteiger partial charge in [-0.15, -0.1) is 11.6 Å². The lowest BCUT2D eigenvalue weighted by molar-refractivity contribution is -0.118. The molecule has 5 heteroatoms. The second-order valence-electron chi connectivity index (χ2n) is 3.35. The highest BCUT2D eigenvalue weighted by Gasteiger charge is 2.13. The van der Waals surface area contributed by atoms with Gasteiger partial charge in [-0.25, -0.2) is 0 Å². The summed E-state index contributed by atoms with van der Waals surface area (Å²) < 4.78 is 0.799. The fraction of sp³-hybridized carbons (Fsp3) is 0.273. The first kappa shape index (κ1) is 13.0. The molecule has 0 heterocycles. The Hall–Kier alpha value is -1.05. The molecule has 0 radical (unpaired) electrons. The lowest BCUT2D eigenvalue weighted by Gasteiger charge is -2.10. The summed E-state index contributed by atoms with van der Waals surface area (Å²) in [7, 11) is 0. The quantitative estimate of drug-likeness (QED) is 0.872. The van der Waals surface area contributed by atoms with Crippen LogP contribution >= 0.6 is 27.5 Å². The zero-order valence-corrected chi connectivity index (χ0v) is 11.0. The van der Waals surface area contributed by atoms with Crippen LogP contribution in [0.15, 0.2) is 22.7 Å². The third-order valence-corrected chi connectivity index (χ3v) is 3.00. The summed E-state index contributed by atoms with van der Waals surface area (Å²) in [6, 6.07) is 7.12. The van der Waals surface area contributed by atoms with Gasteiger partial charge in [-0.2, -0.15) is 5.26 Å². The van der Waals surface area contributed by atoms with E-state index in [1.165, 1.54) is 0 Å². The Bertz CT molecular complexity index is 442. The zero-order valence-electron chi connectivity index (χ0n) is 8.63. The highest BCUT2D eigenvalue weighted by molar-refractivity contribution is 9.10. The minimum Gasteiger partial charge on any atom is -0.325 e. The molecule has 0 aliphatic heterocycles. The van der Waals surface area contributed by atoms with Gasteiger partial charge in [0.05, 0.1) is 11.3 Å². The molecular weight excluding hydrogens is 291 g/mol. The van der Waals surface area contributed by atoms with Gasteiger partial charge < -0.3 is 5.32 Å². The molecular formula is C11H10BrClN2O. The van der Waals surface area contributed by atoms with Crippen molar-refractivity contribution in [1.82, 2.24) is 0 Å². The van der Waals surface area contributed by atoms with Gasteiger partial charge in [-0.3, -0.25) is 4.79 Å². The van der Waals surface area contributed by atoms with Gasteiger partial charge in [0.1, 0.15) is 6.07 Å². The minimum atomic E-state index is -0.281. The van der Waals surface area contributed by atoms with Crippen molar-refractivity contribution in [3.8, 4) is 6.07 Å². The standard InChI is InChI=1S/C11H10BrClN2O/c1-7(5-13)11(16)15-10-3-2-9(12)4-8(10)6-14/h2-4,7H,5H2,1H3,(H,15,16). The smallest absolute Gasteiger partial charge is 0.228 e. The van der Waals surface area contributed by atoms with Crippen LogP contribution in [0.1, 0.15) is 12.5 Å². The van der Waals surface area contributed by atoms with Crippen LogP contribution in [0.4, 0.5) is 5.69 Å². The number of benzene rings is 1. The van der Waals surface area contributed by atoms with E-state index in [1.54, 1.807) is 25.1 Å². The molecule has 84 valence electrons. The molecule has 0 bridgehead atoms. The van der Waals surface area contributed by atoms with Gasteiger partial charge >= 0.3 is 0 Å². The predicted octanol–water partition coefficient (Wildman–Crippen LogP) is 3.13. The number of nitriles is 1. The van der Waals surface area contributed by atoms with E-state index in [1.807, 2.05) is 6.07 Å². The van der Waals surface area contributed by atoms with Crippen LogP contribution in [0, 0.1) is 17.2 Å². The predicted molar refractivity (Wildman–Crippen MR) is 67.4 cm³/mol. The van der Waals surface area contributed by atoms with Gasteiger partial charge in [0, 0.05) is 16.3 Å². The van der Waals surface area contributed by atoms with Crippen molar-refractivity contribution < 1.29 is 4.79 Å². The number of nitrogens with zero attached hydrogens (tertiary/aromatic N) is 1. The van der Waals surface area contributed by atoms with E-state index in [4.69, 9.17) is 16.9 Å². The number of anilines is 1. The largest absolute Gasteiger partial charge is 0.325 e. The molecule has 0 aliphatic carbocycles. The Kier molecular flexibility index (Phi) is 4.78. The van der Waals surface area contributed by atoms with Crippen LogP contribution < -0.4 is 5.32 Å². The van der Waals surface area contributed by atoms with Crippen LogP contribution in [0.3, 0.4) is 0 Å². The Balaban J connectivity index is 2.90. The van der Waals surface area contributed by atoms with Crippen molar-refractivity contribution in [3.05, 3.63) is 28.2 Å². The third-order valence-electron chi connectivity index (χ3n) is 2.04. The summed E-state index contributed by atoms with van der Waals surface area (Å²) in [6.45, 7) is 1.73. The van der Waals surface area contributed by atoms with E-state index in [0.717, 1.165) is 4.47 Å². The first-order valence-corrected chi connectivity index (χ1v) is 5.97. The van der Waals surface area contributed by atoms with Crippen LogP contribution in [0.25, 0.3) is 0 Å². The summed E-state index contributed by atoms with van der Waals surface area (Å²) in [6.07, 6.45) is 0. The fourth-order valence-electron chi connectivity index (χ4n) is 1.04. The highest BCUT2D eigenvalue weighted by atomic mass is 79.9. The molecule has 1 aromatic carbocycles. The number of hydrogen-bond acceptors (Lipinski definition) is 2. The molecule has 1 aromatic rings. The summed E-state index contributed by atoms with van der Waals surface area (Å²) in [5, 5.41) is 11.6. The molecule has 16 heavy (non-hydrogen) atoms. The lowest BCUT2D eigenvalue weighted by atomic mass is 10.1. The normalized spacial score (nSPS) is 11.6. The van der Waals surface area contributed by atoms with Crippen molar-refractivity contribution in [2.45, 2.75) is 6.92 Å². The Morgan fingerprint density at radius 1 is 1.69 bits per heavy atom. The Morgan fingerprint density at radius 3 is 2.94 bits per heavy atom. The van der Waals surface area contributed by atoms with E-state index in [0.29, 0.717) is 11.3 Å². The maximum atomic E-state index is 11.6. The minimum absolute atomic E-state index is 0.186. The van der Waals surface area contributed by atoms with E-state index in [2.05, 4.69) is 21.2 Å². The molecule has 0 fully saturated rings. The monoisotopic (exact) mass is 300 g/mol. The molecule has 0 saturated heterocycles. The molecule has 1 amide bonds. The summed E-state index contributed by atoms with van der Waals surface area (Å²) in [5.74, 6) is -0.213. The van der Waals surface area contributed by atoms with Crippen molar-refractivity contribution in [2.24, 2.45) is 5.92 Å². The average Bonchev–Trinajstić information content (AvgIpc) is 2.30. The van der Waals surface area contributed by atoms with Crippen molar-refractivity contribution in [3.63, 3.8) is 0 Å². The number of carbonyl (C=O) groups is 1. The molecule has 0 spiro atoms. The Morgan fingerprint density at radius 2 is 2.38 bits per heavy atom. The van der Waals surface area contributed by atoms with Gasteiger partial charge in [-0.05, 0) is 18.2 Å². The van der Waals surface area contributed by atoms with Gasteiger partial charge in [0.2, 0.25) is 5.91 Å². The number of rotatable bonds is 3. The number of alkyl halides is 1. The first-order chi connectivity index (χ1) is 7.58. The van der Waals surface area contributed by atoms with E-state index < -0.39 is 0 Å². The van der Waals surface area contributed by atoms with E-state index in [9.17, 15) is 4.79 Å². The van der Waals surface area contributed by atoms with Gasteiger partial charge in [0.15, 0.2) is 0 Å². The number of carbonyl (C=O) groups excluding carboxylic acids is 1. The molecule has 3 nitrogen and oxygen atoms in total. The van der Waals surface area contributed by atoms with Crippen molar-refractivity contribution in [2.75, 3.05) is 11.2 Å². The summed E-state index contributed by atoms with van der Waals surface area (Å²) in [4.78, 5) is 11.6. The summed E-state index contributed by atoms with van der Waals surface area (Å²) in [5.41, 5.74) is 0.928. The highest BCUT2D eigenvalue weighted by Crippen LogP contribution is 2.20. The fourth-order valence-corrected chi connectivity index (χ4v) is 1.55. The number of hydrogen-bond donors (Lipinski definition) is 1. The van der Waals surface area contributed by atoms with E-state index in [-0.39, 0.29) is 17.7 Å². The SMILES string of the molecule is CC(CCl)C(=O)Nc1ccc(Br)cc1C#N. The van der Waals surface area contributed by atoms with E-state index >= 15 is 0 Å². The summed E-state index contributed by atoms with van der Waals surface area (Å²) >= 11 is 8.84. The third kappa shape index (κ3) is 3.22. The molecule has 0 saturated carbocycles. The molecule has 0 aromatic heterocycles. The Labute approximate surface area is 108 Å². The number of amides is 1. The van der Waals surface area contributed by atoms with Crippen molar-refractivity contribution >= 4 is 39.1 Å². The number of halogens is 2. The second-order valence-corrected chi connectivity index (χ2v) is 4.57. The number of nitrogens with one attached hydrogen (secondary N) is 1. The van der Waals surface area contributed by atoms with Crippen LogP contribution in [-0.2, 0) is 4.79 Å². The lowest BCUT2D eigenvalue weighted by Crippen LogP contribution is -2.21. The molecule has 1 rings (SSSR count). The zero-order chi connectivity index (χ0) is 12.1. The average molecular weight is 302 g/mol. The van der Waals surface area contributed by atoms with Crippen LogP contribution in [0.5, 0.6) is 0 Å². The van der Waals surface area contributed by atoms with Crippen LogP contribution in [0.2, 0.25) is 0 Å². The molecule has 0 aliphatic rings. The molecule has 1 unspecified atom stereocenters. The van der Waals surface area contributed by atoms with Gasteiger partial charge in [-0.1, -0.05) is 22.9 Å². The first-order valence-electron chi connectivity index (χ1n) is 4.65. The molecule has 1 N–H and O–H groups in total. The second kappa shape index (κ2) is 5.88. The van der Waals surface area contributed by atoms with Crippen LogP contribution in [-0.4, -0.2) is 11.8 Å². The maximum absolute atomic E-state index is 11.6. The topological polar surface area (TPSA) is 52.9 Å². The maximum Gasteiger partial charge on any atom is 0.228 e. The van der Waals surface area contributed by atoms with Gasteiger partial charge in [0.25, 0.3) is 0 Å². The molecule has 1 atom stereocenters. The van der Waals surface area contributed by atoms with Crippen molar-refractivity contribution in [1.29, 1.82) is 5.26 Å².